The first-order valence-corrected chi connectivity index (χ1v) is 8.56. The molecule has 0 aliphatic carbocycles. The standard InChI is InChI=1S/C19H26FNO2/c1-4-6-7-15-11-21(10-14(15)5-2)19-8-16(12-22)17(13(3)23)9-18(19)20/h8-9,12,14-15H,4-7,10-11H2,1-3H3. The van der Waals surface area contributed by atoms with Crippen molar-refractivity contribution < 1.29 is 14.0 Å². The van der Waals surface area contributed by atoms with Gasteiger partial charge in [-0.2, -0.15) is 0 Å². The first-order valence-electron chi connectivity index (χ1n) is 8.56. The second-order valence-corrected chi connectivity index (χ2v) is 6.54. The van der Waals surface area contributed by atoms with Gasteiger partial charge in [0.1, 0.15) is 5.82 Å². The van der Waals surface area contributed by atoms with E-state index in [1.54, 1.807) is 0 Å². The van der Waals surface area contributed by atoms with Crippen molar-refractivity contribution in [2.75, 3.05) is 18.0 Å². The van der Waals surface area contributed by atoms with Gasteiger partial charge in [-0.1, -0.05) is 33.1 Å². The van der Waals surface area contributed by atoms with E-state index in [-0.39, 0.29) is 16.9 Å². The molecule has 0 saturated carbocycles. The first kappa shape index (κ1) is 17.6. The van der Waals surface area contributed by atoms with Crippen LogP contribution < -0.4 is 4.90 Å². The number of carbonyl (C=O) groups is 2. The highest BCUT2D eigenvalue weighted by atomic mass is 19.1. The van der Waals surface area contributed by atoms with Crippen molar-refractivity contribution in [1.29, 1.82) is 0 Å². The van der Waals surface area contributed by atoms with Gasteiger partial charge in [-0.25, -0.2) is 4.39 Å². The van der Waals surface area contributed by atoms with Crippen LogP contribution in [0.25, 0.3) is 0 Å². The molecule has 1 saturated heterocycles. The average molecular weight is 319 g/mol. The number of aldehydes is 1. The van der Waals surface area contributed by atoms with E-state index in [0.29, 0.717) is 23.8 Å². The van der Waals surface area contributed by atoms with Gasteiger partial charge in [-0.15, -0.1) is 0 Å². The highest BCUT2D eigenvalue weighted by Crippen LogP contribution is 2.35. The zero-order valence-electron chi connectivity index (χ0n) is 14.3. The topological polar surface area (TPSA) is 37.4 Å². The van der Waals surface area contributed by atoms with Crippen molar-refractivity contribution in [3.05, 3.63) is 29.1 Å². The smallest absolute Gasteiger partial charge is 0.160 e. The van der Waals surface area contributed by atoms with Crippen molar-refractivity contribution in [2.45, 2.75) is 46.5 Å². The van der Waals surface area contributed by atoms with Crippen LogP contribution in [0.5, 0.6) is 0 Å². The number of nitrogens with zero attached hydrogens (tertiary/aromatic N) is 1. The summed E-state index contributed by atoms with van der Waals surface area (Å²) in [6.45, 7) is 7.36. The summed E-state index contributed by atoms with van der Waals surface area (Å²) in [5.41, 5.74) is 0.892. The summed E-state index contributed by atoms with van der Waals surface area (Å²) in [6, 6.07) is 2.75. The van der Waals surface area contributed by atoms with Crippen LogP contribution in [-0.2, 0) is 0 Å². The molecule has 3 nitrogen and oxygen atoms in total. The van der Waals surface area contributed by atoms with E-state index in [4.69, 9.17) is 0 Å². The van der Waals surface area contributed by atoms with Crippen LogP contribution in [0.15, 0.2) is 12.1 Å². The predicted octanol–water partition coefficient (Wildman–Crippen LogP) is 4.49. The normalized spacial score (nSPS) is 20.8. The number of hydrogen-bond acceptors (Lipinski definition) is 3. The molecule has 0 bridgehead atoms. The van der Waals surface area contributed by atoms with Crippen LogP contribution >= 0.6 is 0 Å². The Labute approximate surface area is 137 Å². The second kappa shape index (κ2) is 7.71. The van der Waals surface area contributed by atoms with Gasteiger partial charge in [-0.05, 0) is 37.3 Å². The Morgan fingerprint density at radius 3 is 2.57 bits per heavy atom. The van der Waals surface area contributed by atoms with E-state index in [1.165, 1.54) is 38.3 Å². The number of hydrogen-bond donors (Lipinski definition) is 0. The summed E-state index contributed by atoms with van der Waals surface area (Å²) in [7, 11) is 0. The third-order valence-electron chi connectivity index (χ3n) is 5.00. The summed E-state index contributed by atoms with van der Waals surface area (Å²) in [5, 5.41) is 0. The zero-order valence-corrected chi connectivity index (χ0v) is 14.3. The molecule has 126 valence electrons. The Balaban J connectivity index is 2.28. The van der Waals surface area contributed by atoms with Gasteiger partial charge in [0.05, 0.1) is 5.69 Å². The summed E-state index contributed by atoms with van der Waals surface area (Å²) in [6.07, 6.45) is 5.25. The highest BCUT2D eigenvalue weighted by molar-refractivity contribution is 6.02. The molecule has 1 aliphatic heterocycles. The molecule has 23 heavy (non-hydrogen) atoms. The zero-order chi connectivity index (χ0) is 17.0. The summed E-state index contributed by atoms with van der Waals surface area (Å²) >= 11 is 0. The van der Waals surface area contributed by atoms with E-state index in [2.05, 4.69) is 13.8 Å². The molecule has 0 spiro atoms. The number of ketones is 1. The molecule has 2 unspecified atom stereocenters. The maximum atomic E-state index is 14.5. The molecule has 4 heteroatoms. The van der Waals surface area contributed by atoms with Crippen LogP contribution in [0.1, 0.15) is 67.2 Å². The van der Waals surface area contributed by atoms with Crippen LogP contribution in [0, 0.1) is 17.7 Å². The van der Waals surface area contributed by atoms with Gasteiger partial charge < -0.3 is 4.90 Å². The van der Waals surface area contributed by atoms with Gasteiger partial charge in [0, 0.05) is 24.2 Å². The number of rotatable bonds is 7. The van der Waals surface area contributed by atoms with Gasteiger partial charge in [0.15, 0.2) is 12.1 Å². The first-order chi connectivity index (χ1) is 11.0. The fraction of sp³-hybridized carbons (Fsp3) is 0.579. The largest absolute Gasteiger partial charge is 0.369 e. The van der Waals surface area contributed by atoms with E-state index in [0.717, 1.165) is 19.5 Å². The minimum absolute atomic E-state index is 0.162. The minimum Gasteiger partial charge on any atom is -0.369 e. The maximum Gasteiger partial charge on any atom is 0.160 e. The third kappa shape index (κ3) is 3.80. The van der Waals surface area contributed by atoms with Crippen molar-refractivity contribution >= 4 is 17.8 Å². The lowest BCUT2D eigenvalue weighted by atomic mass is 9.89. The van der Waals surface area contributed by atoms with Crippen molar-refractivity contribution in [3.8, 4) is 0 Å². The van der Waals surface area contributed by atoms with E-state index in [9.17, 15) is 14.0 Å². The van der Waals surface area contributed by atoms with E-state index in [1.807, 2.05) is 4.90 Å². The lowest BCUT2D eigenvalue weighted by molar-refractivity contribution is 0.100. The molecule has 2 atom stereocenters. The molecule has 0 aromatic heterocycles. The number of carbonyl (C=O) groups excluding carboxylic acids is 2. The number of benzene rings is 1. The Kier molecular flexibility index (Phi) is 5.91. The minimum atomic E-state index is -0.410. The predicted molar refractivity (Wildman–Crippen MR) is 90.8 cm³/mol. The van der Waals surface area contributed by atoms with Crippen molar-refractivity contribution in [3.63, 3.8) is 0 Å². The molecule has 0 N–H and O–H groups in total. The molecule has 2 rings (SSSR count). The van der Waals surface area contributed by atoms with Gasteiger partial charge in [0.2, 0.25) is 0 Å². The maximum absolute atomic E-state index is 14.5. The fourth-order valence-corrected chi connectivity index (χ4v) is 3.61. The van der Waals surface area contributed by atoms with Crippen LogP contribution in [-0.4, -0.2) is 25.2 Å². The monoisotopic (exact) mass is 319 g/mol. The second-order valence-electron chi connectivity index (χ2n) is 6.54. The Hall–Kier alpha value is -1.71. The summed E-state index contributed by atoms with van der Waals surface area (Å²) in [4.78, 5) is 24.8. The molecule has 0 radical (unpaired) electrons. The number of anilines is 1. The molecule has 1 aliphatic rings. The molecule has 1 heterocycles. The highest BCUT2D eigenvalue weighted by Gasteiger charge is 2.32. The Morgan fingerprint density at radius 1 is 1.30 bits per heavy atom. The summed E-state index contributed by atoms with van der Waals surface area (Å²) < 4.78 is 14.5. The summed E-state index contributed by atoms with van der Waals surface area (Å²) in [5.74, 6) is 0.442. The van der Waals surface area contributed by atoms with Gasteiger partial charge >= 0.3 is 0 Å². The fourth-order valence-electron chi connectivity index (χ4n) is 3.61. The van der Waals surface area contributed by atoms with Gasteiger partial charge in [-0.3, -0.25) is 9.59 Å². The van der Waals surface area contributed by atoms with Crippen LogP contribution in [0.3, 0.4) is 0 Å². The van der Waals surface area contributed by atoms with Crippen LogP contribution in [0.4, 0.5) is 10.1 Å². The number of halogens is 1. The van der Waals surface area contributed by atoms with E-state index < -0.39 is 5.82 Å². The molecule has 0 amide bonds. The molecule has 1 aromatic carbocycles. The quantitative estimate of drug-likeness (QED) is 0.549. The molecular weight excluding hydrogens is 293 g/mol. The number of unbranched alkanes of at least 4 members (excludes halogenated alkanes) is 1. The molecule has 1 fully saturated rings. The van der Waals surface area contributed by atoms with Crippen molar-refractivity contribution in [2.24, 2.45) is 11.8 Å². The van der Waals surface area contributed by atoms with E-state index >= 15 is 0 Å². The molecule has 1 aromatic rings. The Bertz CT molecular complexity index is 585. The SMILES string of the molecule is CCCCC1CN(c2cc(C=O)c(C(C)=O)cc2F)CC1CC. The third-order valence-corrected chi connectivity index (χ3v) is 5.00. The average Bonchev–Trinajstić information content (AvgIpc) is 2.95. The van der Waals surface area contributed by atoms with Crippen LogP contribution in [0.2, 0.25) is 0 Å². The van der Waals surface area contributed by atoms with Gasteiger partial charge in [0.25, 0.3) is 0 Å². The van der Waals surface area contributed by atoms with Crippen molar-refractivity contribution in [1.82, 2.24) is 0 Å². The lowest BCUT2D eigenvalue weighted by Gasteiger charge is -2.20. The Morgan fingerprint density at radius 2 is 2.00 bits per heavy atom. The molecular formula is C19H26FNO2. The lowest BCUT2D eigenvalue weighted by Crippen LogP contribution is -2.22. The number of Topliss-reactive ketones (excluding diaryl/α,β-unsaturated/α-hetero) is 1.